The van der Waals surface area contributed by atoms with Gasteiger partial charge in [0.05, 0.1) is 6.61 Å². The highest BCUT2D eigenvalue weighted by molar-refractivity contribution is 5.88. The van der Waals surface area contributed by atoms with Gasteiger partial charge in [0.2, 0.25) is 0 Å². The van der Waals surface area contributed by atoms with Crippen LogP contribution >= 0.6 is 0 Å². The zero-order valence-corrected chi connectivity index (χ0v) is 11.2. The fourth-order valence-corrected chi connectivity index (χ4v) is 2.14. The van der Waals surface area contributed by atoms with E-state index in [0.717, 1.165) is 5.56 Å². The fraction of sp³-hybridized carbons (Fsp3) is 0.188. The number of rotatable bonds is 5. The van der Waals surface area contributed by atoms with Crippen molar-refractivity contribution in [3.8, 4) is 0 Å². The van der Waals surface area contributed by atoms with Gasteiger partial charge >= 0.3 is 0 Å². The third kappa shape index (κ3) is 2.57. The molecule has 4 heteroatoms. The lowest BCUT2D eigenvalue weighted by Gasteiger charge is -2.25. The Labute approximate surface area is 117 Å². The number of ether oxygens (including phenoxy) is 1. The van der Waals surface area contributed by atoms with Gasteiger partial charge in [-0.3, -0.25) is 4.79 Å². The summed E-state index contributed by atoms with van der Waals surface area (Å²) in [4.78, 5) is 11.8. The second-order valence-corrected chi connectivity index (χ2v) is 4.57. The summed E-state index contributed by atoms with van der Waals surface area (Å²) < 4.78 is 5.03. The van der Waals surface area contributed by atoms with Crippen molar-refractivity contribution in [3.05, 3.63) is 71.3 Å². The molecule has 0 radical (unpaired) electrons. The second kappa shape index (κ2) is 5.86. The molecule has 0 aliphatic carbocycles. The summed E-state index contributed by atoms with van der Waals surface area (Å²) in [6, 6.07) is 15.6. The van der Waals surface area contributed by atoms with Gasteiger partial charge in [0, 0.05) is 7.11 Å². The molecule has 0 bridgehead atoms. The van der Waals surface area contributed by atoms with Crippen molar-refractivity contribution in [1.29, 1.82) is 0 Å². The van der Waals surface area contributed by atoms with Crippen LogP contribution in [0.25, 0.3) is 0 Å². The maximum Gasteiger partial charge on any atom is 0.258 e. The lowest BCUT2D eigenvalue weighted by Crippen LogP contribution is -2.42. The number of hydrogen-bond acceptors (Lipinski definition) is 3. The predicted octanol–water partition coefficient (Wildman–Crippen LogP) is 1.55. The van der Waals surface area contributed by atoms with Crippen molar-refractivity contribution in [3.63, 3.8) is 0 Å². The fourth-order valence-electron chi connectivity index (χ4n) is 2.14. The first-order valence-corrected chi connectivity index (χ1v) is 6.25. The van der Waals surface area contributed by atoms with Gasteiger partial charge in [0.15, 0.2) is 5.60 Å². The average Bonchev–Trinajstić information content (AvgIpc) is 2.48. The smallest absolute Gasteiger partial charge is 0.258 e. The molecule has 1 amide bonds. The molecule has 0 aromatic heterocycles. The maximum absolute atomic E-state index is 11.8. The van der Waals surface area contributed by atoms with Gasteiger partial charge in [-0.25, -0.2) is 0 Å². The van der Waals surface area contributed by atoms with Crippen LogP contribution < -0.4 is 5.73 Å². The van der Waals surface area contributed by atoms with Gasteiger partial charge in [-0.1, -0.05) is 54.6 Å². The maximum atomic E-state index is 11.8. The number of nitrogens with two attached hydrogens (primary N) is 1. The molecule has 2 rings (SSSR count). The van der Waals surface area contributed by atoms with Crippen LogP contribution in [0.1, 0.15) is 16.7 Å². The van der Waals surface area contributed by atoms with Gasteiger partial charge in [0.25, 0.3) is 5.91 Å². The second-order valence-electron chi connectivity index (χ2n) is 4.57. The molecule has 3 N–H and O–H groups in total. The van der Waals surface area contributed by atoms with Gasteiger partial charge in [0.1, 0.15) is 0 Å². The molecular weight excluding hydrogens is 254 g/mol. The Kier molecular flexibility index (Phi) is 4.17. The van der Waals surface area contributed by atoms with Crippen LogP contribution in [-0.2, 0) is 21.7 Å². The van der Waals surface area contributed by atoms with Crippen LogP contribution in [0, 0.1) is 0 Å². The van der Waals surface area contributed by atoms with Crippen LogP contribution in [0.2, 0.25) is 0 Å². The molecule has 2 aromatic carbocycles. The predicted molar refractivity (Wildman–Crippen MR) is 75.8 cm³/mol. The van der Waals surface area contributed by atoms with Crippen LogP contribution in [0.3, 0.4) is 0 Å². The molecule has 0 aliphatic rings. The normalized spacial score (nSPS) is 13.7. The van der Waals surface area contributed by atoms with E-state index in [2.05, 4.69) is 0 Å². The van der Waals surface area contributed by atoms with Crippen LogP contribution in [-0.4, -0.2) is 18.1 Å². The molecule has 4 nitrogen and oxygen atoms in total. The zero-order valence-electron chi connectivity index (χ0n) is 11.2. The molecule has 0 saturated heterocycles. The highest BCUT2D eigenvalue weighted by Gasteiger charge is 2.37. The average molecular weight is 271 g/mol. The van der Waals surface area contributed by atoms with Crippen molar-refractivity contribution < 1.29 is 14.6 Å². The number of benzene rings is 2. The molecular formula is C16H17NO3. The molecule has 0 saturated carbocycles. The highest BCUT2D eigenvalue weighted by atomic mass is 16.5. The summed E-state index contributed by atoms with van der Waals surface area (Å²) in [5.41, 5.74) is 5.44. The zero-order chi connectivity index (χ0) is 14.6. The van der Waals surface area contributed by atoms with Crippen molar-refractivity contribution in [2.75, 3.05) is 7.11 Å². The van der Waals surface area contributed by atoms with Gasteiger partial charge in [-0.05, 0) is 16.7 Å². The van der Waals surface area contributed by atoms with E-state index in [4.69, 9.17) is 10.5 Å². The first-order valence-electron chi connectivity index (χ1n) is 6.25. The molecule has 0 heterocycles. The number of amides is 1. The van der Waals surface area contributed by atoms with Crippen LogP contribution in [0.15, 0.2) is 54.6 Å². The summed E-state index contributed by atoms with van der Waals surface area (Å²) in [6.45, 7) is 0.473. The molecule has 20 heavy (non-hydrogen) atoms. The van der Waals surface area contributed by atoms with Crippen molar-refractivity contribution in [2.45, 2.75) is 12.2 Å². The molecule has 0 fully saturated rings. The van der Waals surface area contributed by atoms with E-state index in [-0.39, 0.29) is 0 Å². The highest BCUT2D eigenvalue weighted by Crippen LogP contribution is 2.29. The van der Waals surface area contributed by atoms with E-state index in [1.807, 2.05) is 6.07 Å². The standard InChI is InChI=1S/C16H17NO3/c1-20-11-12-7-9-14(10-8-12)16(19,15(17)18)13-5-3-2-4-6-13/h2-10,19H,11H2,1H3,(H2,17,18). The van der Waals surface area contributed by atoms with Crippen molar-refractivity contribution >= 4 is 5.91 Å². The van der Waals surface area contributed by atoms with Gasteiger partial charge in [-0.2, -0.15) is 0 Å². The monoisotopic (exact) mass is 271 g/mol. The van der Waals surface area contributed by atoms with E-state index in [1.54, 1.807) is 55.6 Å². The lowest BCUT2D eigenvalue weighted by molar-refractivity contribution is -0.133. The summed E-state index contributed by atoms with van der Waals surface area (Å²) in [6.07, 6.45) is 0. The third-order valence-electron chi connectivity index (χ3n) is 3.23. The number of carbonyl (C=O) groups is 1. The van der Waals surface area contributed by atoms with Crippen LogP contribution in [0.4, 0.5) is 0 Å². The minimum atomic E-state index is -1.83. The minimum Gasteiger partial charge on any atom is -0.380 e. The quantitative estimate of drug-likeness (QED) is 0.866. The molecule has 1 atom stereocenters. The lowest BCUT2D eigenvalue weighted by atomic mass is 9.85. The van der Waals surface area contributed by atoms with Gasteiger partial charge in [-0.15, -0.1) is 0 Å². The number of methoxy groups -OCH3 is 1. The molecule has 0 spiro atoms. The van der Waals surface area contributed by atoms with E-state index in [9.17, 15) is 9.90 Å². The Hall–Kier alpha value is -2.17. The Morgan fingerprint density at radius 2 is 1.65 bits per heavy atom. The van der Waals surface area contributed by atoms with E-state index in [0.29, 0.717) is 17.7 Å². The first-order chi connectivity index (χ1) is 9.59. The number of primary amides is 1. The Balaban J connectivity index is 2.46. The van der Waals surface area contributed by atoms with E-state index >= 15 is 0 Å². The molecule has 0 aliphatic heterocycles. The molecule has 2 aromatic rings. The Bertz CT molecular complexity index is 580. The molecule has 104 valence electrons. The summed E-state index contributed by atoms with van der Waals surface area (Å²) >= 11 is 0. The Morgan fingerprint density at radius 1 is 1.10 bits per heavy atom. The van der Waals surface area contributed by atoms with Crippen molar-refractivity contribution in [1.82, 2.24) is 0 Å². The summed E-state index contributed by atoms with van der Waals surface area (Å²) in [5, 5.41) is 10.7. The number of carbonyl (C=O) groups excluding carboxylic acids is 1. The van der Waals surface area contributed by atoms with Gasteiger partial charge < -0.3 is 15.6 Å². The topological polar surface area (TPSA) is 72.6 Å². The van der Waals surface area contributed by atoms with E-state index in [1.165, 1.54) is 0 Å². The van der Waals surface area contributed by atoms with Crippen molar-refractivity contribution in [2.24, 2.45) is 5.73 Å². The SMILES string of the molecule is COCc1ccc(C(O)(C(N)=O)c2ccccc2)cc1. The summed E-state index contributed by atoms with van der Waals surface area (Å²) in [7, 11) is 1.61. The largest absolute Gasteiger partial charge is 0.380 e. The first kappa shape index (κ1) is 14.2. The van der Waals surface area contributed by atoms with Crippen LogP contribution in [0.5, 0.6) is 0 Å². The number of aliphatic hydroxyl groups is 1. The Morgan fingerprint density at radius 3 is 2.15 bits per heavy atom. The summed E-state index contributed by atoms with van der Waals surface area (Å²) in [5.74, 6) is -0.803. The third-order valence-corrected chi connectivity index (χ3v) is 3.23. The number of hydrogen-bond donors (Lipinski definition) is 2. The van der Waals surface area contributed by atoms with E-state index < -0.39 is 11.5 Å². The minimum absolute atomic E-state index is 0.441. The molecule has 1 unspecified atom stereocenters.